The Morgan fingerprint density at radius 2 is 1.77 bits per heavy atom. The van der Waals surface area contributed by atoms with Crippen LogP contribution in [-0.4, -0.2) is 48.2 Å². The first-order valence-electron chi connectivity index (χ1n) is 9.45. The van der Waals surface area contributed by atoms with Gasteiger partial charge in [0.1, 0.15) is 0 Å². The van der Waals surface area contributed by atoms with Gasteiger partial charge in [-0.2, -0.15) is 0 Å². The SMILES string of the molecule is CCOC(=O)c1cc(C(=O)NCC(C)(C)C)ccc1-c1ccc(OC)nc1C(=O)O. The minimum Gasteiger partial charge on any atom is -0.481 e. The van der Waals surface area contributed by atoms with Gasteiger partial charge in [-0.15, -0.1) is 0 Å². The number of hydrogen-bond acceptors (Lipinski definition) is 6. The van der Waals surface area contributed by atoms with Crippen LogP contribution in [0.15, 0.2) is 30.3 Å². The first kappa shape index (κ1) is 22.9. The van der Waals surface area contributed by atoms with Gasteiger partial charge < -0.3 is 19.9 Å². The van der Waals surface area contributed by atoms with Crippen LogP contribution in [-0.2, 0) is 4.74 Å². The highest BCUT2D eigenvalue weighted by Gasteiger charge is 2.23. The van der Waals surface area contributed by atoms with Crippen molar-refractivity contribution < 1.29 is 29.0 Å². The summed E-state index contributed by atoms with van der Waals surface area (Å²) in [5, 5.41) is 12.4. The van der Waals surface area contributed by atoms with Crippen molar-refractivity contribution in [3.8, 4) is 17.0 Å². The molecular formula is C22H26N2O6. The van der Waals surface area contributed by atoms with Crippen LogP contribution >= 0.6 is 0 Å². The van der Waals surface area contributed by atoms with Gasteiger partial charge in [-0.05, 0) is 36.1 Å². The van der Waals surface area contributed by atoms with E-state index in [0.29, 0.717) is 12.1 Å². The monoisotopic (exact) mass is 414 g/mol. The molecule has 0 saturated heterocycles. The molecule has 1 aromatic carbocycles. The van der Waals surface area contributed by atoms with Gasteiger partial charge >= 0.3 is 11.9 Å². The molecule has 2 aromatic rings. The molecule has 1 heterocycles. The maximum atomic E-state index is 12.6. The molecule has 2 N–H and O–H groups in total. The molecule has 160 valence electrons. The summed E-state index contributed by atoms with van der Waals surface area (Å²) in [4.78, 5) is 40.8. The van der Waals surface area contributed by atoms with Crippen LogP contribution in [0.25, 0.3) is 11.1 Å². The zero-order chi connectivity index (χ0) is 22.5. The maximum Gasteiger partial charge on any atom is 0.355 e. The molecule has 0 bridgehead atoms. The molecule has 30 heavy (non-hydrogen) atoms. The third-order valence-corrected chi connectivity index (χ3v) is 4.13. The molecule has 1 aromatic heterocycles. The highest BCUT2D eigenvalue weighted by atomic mass is 16.5. The zero-order valence-electron chi connectivity index (χ0n) is 17.7. The smallest absolute Gasteiger partial charge is 0.355 e. The third kappa shape index (κ3) is 5.56. The Kier molecular flexibility index (Phi) is 7.15. The van der Waals surface area contributed by atoms with Crippen molar-refractivity contribution in [3.05, 3.63) is 47.2 Å². The molecule has 0 aliphatic rings. The Balaban J connectivity index is 2.57. The number of methoxy groups -OCH3 is 1. The summed E-state index contributed by atoms with van der Waals surface area (Å²) in [6.45, 7) is 8.22. The third-order valence-electron chi connectivity index (χ3n) is 4.13. The number of carboxylic acid groups (broad SMARTS) is 1. The van der Waals surface area contributed by atoms with Gasteiger partial charge in [0.2, 0.25) is 5.88 Å². The molecule has 0 spiro atoms. The fraction of sp³-hybridized carbons (Fsp3) is 0.364. The van der Waals surface area contributed by atoms with E-state index in [9.17, 15) is 19.5 Å². The fourth-order valence-corrected chi connectivity index (χ4v) is 2.68. The number of carbonyl (C=O) groups excluding carboxylic acids is 2. The van der Waals surface area contributed by atoms with Crippen molar-refractivity contribution in [2.45, 2.75) is 27.7 Å². The molecule has 8 heteroatoms. The lowest BCUT2D eigenvalue weighted by Gasteiger charge is -2.19. The van der Waals surface area contributed by atoms with Gasteiger partial charge in [0.05, 0.1) is 19.3 Å². The number of nitrogens with one attached hydrogen (secondary N) is 1. The van der Waals surface area contributed by atoms with E-state index >= 15 is 0 Å². The largest absolute Gasteiger partial charge is 0.481 e. The van der Waals surface area contributed by atoms with Crippen molar-refractivity contribution >= 4 is 17.8 Å². The average Bonchev–Trinajstić information content (AvgIpc) is 2.70. The average molecular weight is 414 g/mol. The van der Waals surface area contributed by atoms with Crippen LogP contribution in [0.2, 0.25) is 0 Å². The van der Waals surface area contributed by atoms with Gasteiger partial charge in [0, 0.05) is 23.7 Å². The number of aromatic carboxylic acids is 1. The summed E-state index contributed by atoms with van der Waals surface area (Å²) in [6.07, 6.45) is 0. The standard InChI is InChI=1S/C22H26N2O6/c1-6-30-21(28)16-11-13(19(25)23-12-22(2,3)4)7-8-14(16)15-9-10-17(29-5)24-18(15)20(26)27/h7-11H,6,12H2,1-5H3,(H,23,25)(H,26,27). The van der Waals surface area contributed by atoms with Crippen molar-refractivity contribution in [2.75, 3.05) is 20.3 Å². The number of ether oxygens (including phenoxy) is 2. The minimum atomic E-state index is -1.27. The molecule has 0 unspecified atom stereocenters. The van der Waals surface area contributed by atoms with Gasteiger partial charge in [-0.1, -0.05) is 26.8 Å². The number of benzene rings is 1. The number of aromatic nitrogens is 1. The Labute approximate surface area is 175 Å². The van der Waals surface area contributed by atoms with Crippen molar-refractivity contribution in [3.63, 3.8) is 0 Å². The highest BCUT2D eigenvalue weighted by Crippen LogP contribution is 2.30. The molecule has 8 nitrogen and oxygen atoms in total. The van der Waals surface area contributed by atoms with Crippen LogP contribution in [0.3, 0.4) is 0 Å². The molecule has 0 aliphatic heterocycles. The zero-order valence-corrected chi connectivity index (χ0v) is 17.7. The van der Waals surface area contributed by atoms with Crippen LogP contribution in [0.1, 0.15) is 58.9 Å². The number of rotatable bonds is 7. The predicted octanol–water partition coefficient (Wildman–Crippen LogP) is 3.41. The summed E-state index contributed by atoms with van der Waals surface area (Å²) in [5.74, 6) is -2.14. The molecule has 0 saturated carbocycles. The number of pyridine rings is 1. The predicted molar refractivity (Wildman–Crippen MR) is 111 cm³/mol. The van der Waals surface area contributed by atoms with E-state index in [4.69, 9.17) is 9.47 Å². The lowest BCUT2D eigenvalue weighted by atomic mass is 9.95. The number of esters is 1. The van der Waals surface area contributed by atoms with Crippen molar-refractivity contribution in [1.82, 2.24) is 10.3 Å². The highest BCUT2D eigenvalue weighted by molar-refractivity contribution is 6.04. The molecule has 0 aliphatic carbocycles. The summed E-state index contributed by atoms with van der Waals surface area (Å²) in [6, 6.07) is 7.47. The maximum absolute atomic E-state index is 12.6. The molecule has 1 amide bonds. The fourth-order valence-electron chi connectivity index (χ4n) is 2.68. The van der Waals surface area contributed by atoms with E-state index < -0.39 is 11.9 Å². The summed E-state index contributed by atoms with van der Waals surface area (Å²) >= 11 is 0. The van der Waals surface area contributed by atoms with E-state index in [1.165, 1.54) is 37.4 Å². The first-order valence-corrected chi connectivity index (χ1v) is 9.45. The first-order chi connectivity index (χ1) is 14.1. The van der Waals surface area contributed by atoms with Crippen molar-refractivity contribution in [1.29, 1.82) is 0 Å². The van der Waals surface area contributed by atoms with Crippen LogP contribution in [0.5, 0.6) is 5.88 Å². The Morgan fingerprint density at radius 3 is 2.33 bits per heavy atom. The second-order valence-corrected chi connectivity index (χ2v) is 7.78. The Morgan fingerprint density at radius 1 is 1.10 bits per heavy atom. The summed E-state index contributed by atoms with van der Waals surface area (Å²) in [7, 11) is 1.38. The second kappa shape index (κ2) is 9.39. The Bertz CT molecular complexity index is 963. The molecule has 2 rings (SSSR count). The van der Waals surface area contributed by atoms with E-state index in [1.54, 1.807) is 6.92 Å². The van der Waals surface area contributed by atoms with E-state index in [0.717, 1.165) is 0 Å². The molecule has 0 fully saturated rings. The molecular weight excluding hydrogens is 388 g/mol. The number of hydrogen-bond donors (Lipinski definition) is 2. The van der Waals surface area contributed by atoms with Gasteiger partial charge in [0.25, 0.3) is 5.91 Å². The lowest BCUT2D eigenvalue weighted by molar-refractivity contribution is 0.0526. The molecule has 0 atom stereocenters. The van der Waals surface area contributed by atoms with Crippen LogP contribution < -0.4 is 10.1 Å². The number of nitrogens with zero attached hydrogens (tertiary/aromatic N) is 1. The Hall–Kier alpha value is -3.42. The van der Waals surface area contributed by atoms with Crippen LogP contribution in [0, 0.1) is 5.41 Å². The molecule has 0 radical (unpaired) electrons. The van der Waals surface area contributed by atoms with Crippen LogP contribution in [0.4, 0.5) is 0 Å². The van der Waals surface area contributed by atoms with E-state index in [-0.39, 0.29) is 46.2 Å². The minimum absolute atomic E-state index is 0.0784. The normalized spacial score (nSPS) is 11.0. The lowest BCUT2D eigenvalue weighted by Crippen LogP contribution is -2.32. The number of carbonyl (C=O) groups is 3. The van der Waals surface area contributed by atoms with E-state index in [2.05, 4.69) is 10.3 Å². The topological polar surface area (TPSA) is 115 Å². The quantitative estimate of drug-likeness (QED) is 0.667. The van der Waals surface area contributed by atoms with E-state index in [1.807, 2.05) is 20.8 Å². The van der Waals surface area contributed by atoms with Gasteiger partial charge in [0.15, 0.2) is 5.69 Å². The summed E-state index contributed by atoms with van der Waals surface area (Å²) in [5.41, 5.74) is 0.482. The summed E-state index contributed by atoms with van der Waals surface area (Å²) < 4.78 is 10.1. The van der Waals surface area contributed by atoms with Gasteiger partial charge in [-0.3, -0.25) is 4.79 Å². The number of carboxylic acids is 1. The number of amides is 1. The van der Waals surface area contributed by atoms with Crippen molar-refractivity contribution in [2.24, 2.45) is 5.41 Å². The van der Waals surface area contributed by atoms with Gasteiger partial charge in [-0.25, -0.2) is 14.6 Å². The second-order valence-electron chi connectivity index (χ2n) is 7.78.